The molecule has 0 aliphatic heterocycles. The minimum Gasteiger partial charge on any atom is -0.306 e. The maximum Gasteiger partial charge on any atom is 0.326 e. The molecule has 7 heteroatoms. The van der Waals surface area contributed by atoms with Gasteiger partial charge in [0, 0.05) is 35.9 Å². The first-order valence-corrected chi connectivity index (χ1v) is 8.05. The van der Waals surface area contributed by atoms with E-state index < -0.39 is 0 Å². The number of rotatable bonds is 2. The summed E-state index contributed by atoms with van der Waals surface area (Å²) < 4.78 is 1.82. The highest BCUT2D eigenvalue weighted by Crippen LogP contribution is 2.27. The topological polar surface area (TPSA) is 50.2 Å². The van der Waals surface area contributed by atoms with Gasteiger partial charge in [0.15, 0.2) is 0 Å². The summed E-state index contributed by atoms with van der Waals surface area (Å²) in [6.07, 6.45) is 0. The Bertz CT molecular complexity index is 936. The SMILES string of the molecule is Cc1c2ccc(N(C)C(=O)Nc3ccc(Cl)cc3Cl)cc2nn1C. The fraction of sp³-hybridized carbons (Fsp3) is 0.176. The van der Waals surface area contributed by atoms with E-state index in [4.69, 9.17) is 23.2 Å². The number of hydrogen-bond acceptors (Lipinski definition) is 2. The summed E-state index contributed by atoms with van der Waals surface area (Å²) >= 11 is 12.0. The molecule has 0 spiro atoms. The molecular formula is C17H16Cl2N4O. The van der Waals surface area contributed by atoms with E-state index in [9.17, 15) is 4.79 Å². The van der Waals surface area contributed by atoms with Gasteiger partial charge in [0.25, 0.3) is 0 Å². The summed E-state index contributed by atoms with van der Waals surface area (Å²) in [5.41, 5.74) is 3.17. The van der Waals surface area contributed by atoms with Gasteiger partial charge in [0.2, 0.25) is 0 Å². The zero-order chi connectivity index (χ0) is 17.4. The van der Waals surface area contributed by atoms with Crippen LogP contribution in [0, 0.1) is 6.92 Å². The summed E-state index contributed by atoms with van der Waals surface area (Å²) in [6.45, 7) is 2.01. The number of carbonyl (C=O) groups is 1. The molecule has 124 valence electrons. The lowest BCUT2D eigenvalue weighted by Gasteiger charge is -2.18. The fourth-order valence-corrected chi connectivity index (χ4v) is 2.89. The smallest absolute Gasteiger partial charge is 0.306 e. The summed E-state index contributed by atoms with van der Waals surface area (Å²) in [6, 6.07) is 10.4. The van der Waals surface area contributed by atoms with Crippen LogP contribution in [-0.4, -0.2) is 22.9 Å². The molecule has 3 aromatic rings. The second-order valence-electron chi connectivity index (χ2n) is 5.52. The standard InChI is InChI=1S/C17H16Cl2N4O/c1-10-13-6-5-12(9-16(13)21-23(10)3)22(2)17(24)20-15-7-4-11(18)8-14(15)19/h4-9H,1-3H3,(H,20,24). The number of carbonyl (C=O) groups excluding carboxylic acids is 1. The molecule has 1 N–H and O–H groups in total. The van der Waals surface area contributed by atoms with Crippen molar-refractivity contribution in [2.24, 2.45) is 7.05 Å². The molecular weight excluding hydrogens is 347 g/mol. The van der Waals surface area contributed by atoms with Crippen molar-refractivity contribution in [2.75, 3.05) is 17.3 Å². The summed E-state index contributed by atoms with van der Waals surface area (Å²) in [4.78, 5) is 14.0. The fourth-order valence-electron chi connectivity index (χ4n) is 2.44. The van der Waals surface area contributed by atoms with Crippen LogP contribution >= 0.6 is 23.2 Å². The van der Waals surface area contributed by atoms with E-state index >= 15 is 0 Å². The summed E-state index contributed by atoms with van der Waals surface area (Å²) in [5, 5.41) is 9.19. The highest BCUT2D eigenvalue weighted by Gasteiger charge is 2.14. The van der Waals surface area contributed by atoms with Gasteiger partial charge < -0.3 is 5.32 Å². The van der Waals surface area contributed by atoms with Crippen LogP contribution in [0.15, 0.2) is 36.4 Å². The third-order valence-corrected chi connectivity index (χ3v) is 4.53. The number of aryl methyl sites for hydroxylation is 2. The molecule has 0 saturated heterocycles. The number of anilines is 2. The van der Waals surface area contributed by atoms with Crippen LogP contribution in [0.4, 0.5) is 16.2 Å². The zero-order valence-electron chi connectivity index (χ0n) is 13.5. The van der Waals surface area contributed by atoms with Gasteiger partial charge in [-0.3, -0.25) is 9.58 Å². The maximum absolute atomic E-state index is 12.5. The number of benzene rings is 2. The van der Waals surface area contributed by atoms with Gasteiger partial charge in [-0.2, -0.15) is 5.10 Å². The van der Waals surface area contributed by atoms with Gasteiger partial charge >= 0.3 is 6.03 Å². The van der Waals surface area contributed by atoms with Gasteiger partial charge in [0.05, 0.1) is 16.2 Å². The lowest BCUT2D eigenvalue weighted by Crippen LogP contribution is -2.31. The van der Waals surface area contributed by atoms with Crippen molar-refractivity contribution in [3.63, 3.8) is 0 Å². The number of amides is 2. The van der Waals surface area contributed by atoms with Crippen LogP contribution in [0.3, 0.4) is 0 Å². The average Bonchev–Trinajstić information content (AvgIpc) is 2.83. The molecule has 2 aromatic carbocycles. The molecule has 0 saturated carbocycles. The monoisotopic (exact) mass is 362 g/mol. The van der Waals surface area contributed by atoms with Gasteiger partial charge in [0.1, 0.15) is 0 Å². The highest BCUT2D eigenvalue weighted by molar-refractivity contribution is 6.36. The van der Waals surface area contributed by atoms with E-state index in [1.165, 1.54) is 4.90 Å². The minimum absolute atomic E-state index is 0.300. The average molecular weight is 363 g/mol. The minimum atomic E-state index is -0.300. The molecule has 0 bridgehead atoms. The van der Waals surface area contributed by atoms with E-state index in [0.717, 1.165) is 22.3 Å². The largest absolute Gasteiger partial charge is 0.326 e. The van der Waals surface area contributed by atoms with Gasteiger partial charge in [-0.1, -0.05) is 23.2 Å². The summed E-state index contributed by atoms with van der Waals surface area (Å²) in [7, 11) is 3.59. The molecule has 24 heavy (non-hydrogen) atoms. The van der Waals surface area contributed by atoms with Gasteiger partial charge in [-0.05, 0) is 43.3 Å². The Morgan fingerprint density at radius 2 is 1.96 bits per heavy atom. The third-order valence-electron chi connectivity index (χ3n) is 3.98. The van der Waals surface area contributed by atoms with Crippen molar-refractivity contribution in [1.29, 1.82) is 0 Å². The molecule has 1 heterocycles. The van der Waals surface area contributed by atoms with E-state index in [1.807, 2.05) is 36.9 Å². The first kappa shape index (κ1) is 16.6. The number of nitrogens with zero attached hydrogens (tertiary/aromatic N) is 3. The molecule has 0 fully saturated rings. The van der Waals surface area contributed by atoms with E-state index in [0.29, 0.717) is 15.7 Å². The van der Waals surface area contributed by atoms with Crippen LogP contribution in [0.2, 0.25) is 10.0 Å². The molecule has 0 atom stereocenters. The number of nitrogens with one attached hydrogen (secondary N) is 1. The Morgan fingerprint density at radius 1 is 1.21 bits per heavy atom. The van der Waals surface area contributed by atoms with E-state index in [-0.39, 0.29) is 6.03 Å². The maximum atomic E-state index is 12.5. The predicted octanol–water partition coefficient (Wildman–Crippen LogP) is 4.86. The number of fused-ring (bicyclic) bond motifs is 1. The number of halogens is 2. The second-order valence-corrected chi connectivity index (χ2v) is 6.37. The Labute approximate surface area is 149 Å². The van der Waals surface area contributed by atoms with Gasteiger partial charge in [-0.15, -0.1) is 0 Å². The van der Waals surface area contributed by atoms with Gasteiger partial charge in [-0.25, -0.2) is 4.79 Å². The van der Waals surface area contributed by atoms with Crippen LogP contribution in [0.5, 0.6) is 0 Å². The Morgan fingerprint density at radius 3 is 2.67 bits per heavy atom. The Hall–Kier alpha value is -2.24. The first-order valence-electron chi connectivity index (χ1n) is 7.30. The quantitative estimate of drug-likeness (QED) is 0.707. The number of aromatic nitrogens is 2. The van der Waals surface area contributed by atoms with Crippen LogP contribution in [0.25, 0.3) is 10.9 Å². The molecule has 0 aliphatic rings. The number of urea groups is 1. The molecule has 5 nitrogen and oxygen atoms in total. The van der Waals surface area contributed by atoms with Crippen LogP contribution in [-0.2, 0) is 7.05 Å². The normalized spacial score (nSPS) is 10.9. The molecule has 0 aliphatic carbocycles. The predicted molar refractivity (Wildman–Crippen MR) is 99.3 cm³/mol. The third kappa shape index (κ3) is 3.05. The zero-order valence-corrected chi connectivity index (χ0v) is 15.0. The number of hydrogen-bond donors (Lipinski definition) is 1. The first-order chi connectivity index (χ1) is 11.4. The van der Waals surface area contributed by atoms with E-state index in [2.05, 4.69) is 10.4 Å². The Kier molecular flexibility index (Phi) is 4.39. The highest BCUT2D eigenvalue weighted by atomic mass is 35.5. The lowest BCUT2D eigenvalue weighted by molar-refractivity contribution is 0.258. The van der Waals surface area contributed by atoms with Crippen molar-refractivity contribution < 1.29 is 4.79 Å². The van der Waals surface area contributed by atoms with Crippen molar-refractivity contribution in [3.05, 3.63) is 52.1 Å². The van der Waals surface area contributed by atoms with Crippen molar-refractivity contribution in [1.82, 2.24) is 9.78 Å². The van der Waals surface area contributed by atoms with Crippen molar-refractivity contribution >= 4 is 51.5 Å². The molecule has 0 radical (unpaired) electrons. The van der Waals surface area contributed by atoms with Crippen LogP contribution in [0.1, 0.15) is 5.69 Å². The second kappa shape index (κ2) is 6.34. The molecule has 2 amide bonds. The molecule has 0 unspecified atom stereocenters. The molecule has 3 rings (SSSR count). The lowest BCUT2D eigenvalue weighted by atomic mass is 10.2. The Balaban J connectivity index is 1.85. The molecule has 1 aromatic heterocycles. The van der Waals surface area contributed by atoms with Crippen LogP contribution < -0.4 is 10.2 Å². The van der Waals surface area contributed by atoms with Crippen molar-refractivity contribution in [2.45, 2.75) is 6.92 Å². The van der Waals surface area contributed by atoms with E-state index in [1.54, 1.807) is 25.2 Å². The summed E-state index contributed by atoms with van der Waals surface area (Å²) in [5.74, 6) is 0. The van der Waals surface area contributed by atoms with Crippen molar-refractivity contribution in [3.8, 4) is 0 Å².